The van der Waals surface area contributed by atoms with Gasteiger partial charge in [-0.1, -0.05) is 0 Å². The summed E-state index contributed by atoms with van der Waals surface area (Å²) in [5, 5.41) is 3.20. The van der Waals surface area contributed by atoms with Crippen molar-refractivity contribution in [3.63, 3.8) is 0 Å². The summed E-state index contributed by atoms with van der Waals surface area (Å²) in [6.07, 6.45) is 0.989. The van der Waals surface area contributed by atoms with Gasteiger partial charge in [0.05, 0.1) is 14.2 Å². The number of methoxy groups -OCH3 is 2. The van der Waals surface area contributed by atoms with Crippen LogP contribution in [0.1, 0.15) is 16.8 Å². The number of rotatable bonds is 4. The van der Waals surface area contributed by atoms with Gasteiger partial charge in [0.1, 0.15) is 11.5 Å². The van der Waals surface area contributed by atoms with Crippen LogP contribution in [-0.4, -0.2) is 51.2 Å². The third-order valence-corrected chi connectivity index (χ3v) is 3.48. The fourth-order valence-corrected chi connectivity index (χ4v) is 2.29. The third kappa shape index (κ3) is 2.98. The number of likely N-dealkylation sites (N-methyl/N-ethyl adjacent to an activating group) is 1. The first-order chi connectivity index (χ1) is 9.17. The van der Waals surface area contributed by atoms with Gasteiger partial charge in [-0.05, 0) is 25.6 Å². The molecular weight excluding hydrogens is 244 g/mol. The molecule has 0 bridgehead atoms. The molecule has 19 heavy (non-hydrogen) atoms. The number of likely N-dealkylation sites (tertiary alicyclic amines) is 1. The maximum atomic E-state index is 12.4. The molecule has 0 saturated carbocycles. The second-order valence-corrected chi connectivity index (χ2v) is 4.63. The molecule has 1 N–H and O–H groups in total. The van der Waals surface area contributed by atoms with Gasteiger partial charge < -0.3 is 19.7 Å². The molecule has 0 aromatic heterocycles. The fraction of sp³-hybridized carbons (Fsp3) is 0.500. The Bertz CT molecular complexity index is 440. The van der Waals surface area contributed by atoms with Crippen LogP contribution in [0.25, 0.3) is 0 Å². The Kier molecular flexibility index (Phi) is 4.27. The highest BCUT2D eigenvalue weighted by molar-refractivity contribution is 5.95. The van der Waals surface area contributed by atoms with Gasteiger partial charge in [-0.25, -0.2) is 0 Å². The lowest BCUT2D eigenvalue weighted by molar-refractivity contribution is 0.0789. The highest BCUT2D eigenvalue weighted by atomic mass is 16.5. The maximum absolute atomic E-state index is 12.4. The number of carbonyl (C=O) groups excluding carboxylic acids is 1. The van der Waals surface area contributed by atoms with Gasteiger partial charge in [0, 0.05) is 30.8 Å². The van der Waals surface area contributed by atoms with Gasteiger partial charge in [-0.15, -0.1) is 0 Å². The molecule has 1 aliphatic rings. The topological polar surface area (TPSA) is 50.8 Å². The van der Waals surface area contributed by atoms with Crippen LogP contribution >= 0.6 is 0 Å². The molecular formula is C14H20N2O3. The Morgan fingerprint density at radius 1 is 1.26 bits per heavy atom. The Morgan fingerprint density at radius 3 is 2.37 bits per heavy atom. The zero-order chi connectivity index (χ0) is 13.8. The molecule has 104 valence electrons. The molecule has 0 aliphatic carbocycles. The second kappa shape index (κ2) is 5.93. The maximum Gasteiger partial charge on any atom is 0.254 e. The lowest BCUT2D eigenvalue weighted by atomic mass is 10.1. The van der Waals surface area contributed by atoms with Gasteiger partial charge >= 0.3 is 0 Å². The number of carbonyl (C=O) groups is 1. The number of nitrogens with one attached hydrogen (secondary N) is 1. The molecule has 1 aromatic carbocycles. The summed E-state index contributed by atoms with van der Waals surface area (Å²) in [5.41, 5.74) is 0.605. The van der Waals surface area contributed by atoms with Crippen LogP contribution in [-0.2, 0) is 0 Å². The molecule has 1 atom stereocenters. The van der Waals surface area contributed by atoms with Crippen LogP contribution in [0.3, 0.4) is 0 Å². The first kappa shape index (κ1) is 13.7. The largest absolute Gasteiger partial charge is 0.497 e. The van der Waals surface area contributed by atoms with Crippen molar-refractivity contribution in [3.05, 3.63) is 23.8 Å². The van der Waals surface area contributed by atoms with E-state index in [1.54, 1.807) is 32.4 Å². The fourth-order valence-electron chi connectivity index (χ4n) is 2.29. The quantitative estimate of drug-likeness (QED) is 0.886. The lowest BCUT2D eigenvalue weighted by Gasteiger charge is -2.17. The number of benzene rings is 1. The Balaban J connectivity index is 2.19. The predicted octanol–water partition coefficient (Wildman–Crippen LogP) is 1.14. The van der Waals surface area contributed by atoms with E-state index in [-0.39, 0.29) is 5.91 Å². The summed E-state index contributed by atoms with van der Waals surface area (Å²) in [4.78, 5) is 14.3. The van der Waals surface area contributed by atoms with Crippen molar-refractivity contribution in [3.8, 4) is 11.5 Å². The Morgan fingerprint density at radius 2 is 1.89 bits per heavy atom. The average Bonchev–Trinajstić information content (AvgIpc) is 2.94. The van der Waals surface area contributed by atoms with E-state index >= 15 is 0 Å². The number of hydrogen-bond acceptors (Lipinski definition) is 4. The molecule has 2 rings (SSSR count). The lowest BCUT2D eigenvalue weighted by Crippen LogP contribution is -2.33. The number of nitrogens with zero attached hydrogens (tertiary/aromatic N) is 1. The molecule has 1 amide bonds. The van der Waals surface area contributed by atoms with E-state index in [4.69, 9.17) is 9.47 Å². The predicted molar refractivity (Wildman–Crippen MR) is 72.9 cm³/mol. The number of hydrogen-bond donors (Lipinski definition) is 1. The average molecular weight is 264 g/mol. The minimum absolute atomic E-state index is 0.0231. The van der Waals surface area contributed by atoms with Crippen molar-refractivity contribution in [2.45, 2.75) is 12.5 Å². The number of amides is 1. The van der Waals surface area contributed by atoms with E-state index in [0.717, 1.165) is 19.5 Å². The molecule has 0 spiro atoms. The third-order valence-electron chi connectivity index (χ3n) is 3.48. The highest BCUT2D eigenvalue weighted by Gasteiger charge is 2.26. The van der Waals surface area contributed by atoms with Crippen molar-refractivity contribution in [1.29, 1.82) is 0 Å². The molecule has 1 fully saturated rings. The Hall–Kier alpha value is -1.75. The minimum Gasteiger partial charge on any atom is -0.497 e. The van der Waals surface area contributed by atoms with Gasteiger partial charge in [0.15, 0.2) is 0 Å². The van der Waals surface area contributed by atoms with Crippen molar-refractivity contribution in [2.24, 2.45) is 0 Å². The standard InChI is InChI=1S/C14H20N2O3/c1-15-11-4-5-16(9-11)14(17)10-6-12(18-2)8-13(7-10)19-3/h6-8,11,15H,4-5,9H2,1-3H3. The van der Waals surface area contributed by atoms with E-state index in [0.29, 0.717) is 23.1 Å². The summed E-state index contributed by atoms with van der Waals surface area (Å²) < 4.78 is 10.4. The molecule has 0 radical (unpaired) electrons. The monoisotopic (exact) mass is 264 g/mol. The van der Waals surface area contributed by atoms with Gasteiger partial charge in [-0.3, -0.25) is 4.79 Å². The smallest absolute Gasteiger partial charge is 0.254 e. The molecule has 1 aromatic rings. The van der Waals surface area contributed by atoms with E-state index < -0.39 is 0 Å². The van der Waals surface area contributed by atoms with Crippen LogP contribution in [0.2, 0.25) is 0 Å². The van der Waals surface area contributed by atoms with Gasteiger partial charge in [0.2, 0.25) is 0 Å². The molecule has 1 aliphatic heterocycles. The van der Waals surface area contributed by atoms with E-state index in [1.165, 1.54) is 0 Å². The second-order valence-electron chi connectivity index (χ2n) is 4.63. The van der Waals surface area contributed by atoms with E-state index in [1.807, 2.05) is 11.9 Å². The first-order valence-electron chi connectivity index (χ1n) is 6.37. The van der Waals surface area contributed by atoms with Gasteiger partial charge in [0.25, 0.3) is 5.91 Å². The van der Waals surface area contributed by atoms with Crippen molar-refractivity contribution < 1.29 is 14.3 Å². The van der Waals surface area contributed by atoms with Crippen LogP contribution < -0.4 is 14.8 Å². The highest BCUT2D eigenvalue weighted by Crippen LogP contribution is 2.24. The van der Waals surface area contributed by atoms with Gasteiger partial charge in [-0.2, -0.15) is 0 Å². The van der Waals surface area contributed by atoms with Crippen LogP contribution in [0.4, 0.5) is 0 Å². The zero-order valence-corrected chi connectivity index (χ0v) is 11.6. The zero-order valence-electron chi connectivity index (χ0n) is 11.6. The first-order valence-corrected chi connectivity index (χ1v) is 6.37. The summed E-state index contributed by atoms with van der Waals surface area (Å²) in [7, 11) is 5.08. The van der Waals surface area contributed by atoms with Crippen LogP contribution in [0.5, 0.6) is 11.5 Å². The van der Waals surface area contributed by atoms with E-state index in [9.17, 15) is 4.79 Å². The molecule has 1 unspecified atom stereocenters. The van der Waals surface area contributed by atoms with E-state index in [2.05, 4.69) is 5.32 Å². The van der Waals surface area contributed by atoms with Crippen LogP contribution in [0.15, 0.2) is 18.2 Å². The minimum atomic E-state index is 0.0231. The summed E-state index contributed by atoms with van der Waals surface area (Å²) >= 11 is 0. The van der Waals surface area contributed by atoms with Crippen LogP contribution in [0, 0.1) is 0 Å². The number of ether oxygens (including phenoxy) is 2. The molecule has 1 saturated heterocycles. The summed E-state index contributed by atoms with van der Waals surface area (Å²) in [6, 6.07) is 5.64. The SMILES string of the molecule is CNC1CCN(C(=O)c2cc(OC)cc(OC)c2)C1. The van der Waals surface area contributed by atoms with Crippen molar-refractivity contribution in [1.82, 2.24) is 10.2 Å². The molecule has 1 heterocycles. The molecule has 5 nitrogen and oxygen atoms in total. The van der Waals surface area contributed by atoms with Crippen molar-refractivity contribution in [2.75, 3.05) is 34.4 Å². The normalized spacial score (nSPS) is 18.5. The summed E-state index contributed by atoms with van der Waals surface area (Å²) in [5.74, 6) is 1.29. The Labute approximate surface area is 113 Å². The van der Waals surface area contributed by atoms with Crippen molar-refractivity contribution >= 4 is 5.91 Å². The summed E-state index contributed by atoms with van der Waals surface area (Å²) in [6.45, 7) is 1.53. The molecule has 5 heteroatoms.